The number of aryl methyl sites for hydroxylation is 3. The molecule has 0 amide bonds. The molecular formula is C25H27Cl. The first-order valence-electron chi connectivity index (χ1n) is 9.52. The minimum atomic E-state index is 0.866. The highest BCUT2D eigenvalue weighted by atomic mass is 35.5. The Morgan fingerprint density at radius 2 is 1.15 bits per heavy atom. The lowest BCUT2D eigenvalue weighted by atomic mass is 9.96. The number of hydrogen-bond donors (Lipinski definition) is 0. The lowest BCUT2D eigenvalue weighted by Crippen LogP contribution is -1.96. The monoisotopic (exact) mass is 362 g/mol. The highest BCUT2D eigenvalue weighted by Crippen LogP contribution is 2.24. The lowest BCUT2D eigenvalue weighted by Gasteiger charge is -2.11. The molecule has 0 N–H and O–H groups in total. The molecule has 0 nitrogen and oxygen atoms in total. The molecule has 3 aromatic carbocycles. The Hall–Kier alpha value is -2.05. The van der Waals surface area contributed by atoms with Gasteiger partial charge in [0, 0.05) is 5.02 Å². The van der Waals surface area contributed by atoms with E-state index in [0.29, 0.717) is 0 Å². The second-order valence-electron chi connectivity index (χ2n) is 7.06. The van der Waals surface area contributed by atoms with E-state index in [1.165, 1.54) is 38.9 Å². The quantitative estimate of drug-likeness (QED) is 0.444. The van der Waals surface area contributed by atoms with Gasteiger partial charge in [-0.3, -0.25) is 0 Å². The smallest absolute Gasteiger partial charge is 0.0444 e. The van der Waals surface area contributed by atoms with Gasteiger partial charge < -0.3 is 0 Å². The molecule has 0 aliphatic rings. The van der Waals surface area contributed by atoms with E-state index in [4.69, 9.17) is 11.6 Å². The van der Waals surface area contributed by atoms with Crippen LogP contribution in [0.5, 0.6) is 0 Å². The molecule has 0 aliphatic carbocycles. The predicted octanol–water partition coefficient (Wildman–Crippen LogP) is 6.95. The van der Waals surface area contributed by atoms with Crippen molar-refractivity contribution in [3.63, 3.8) is 0 Å². The summed E-state index contributed by atoms with van der Waals surface area (Å²) < 4.78 is 0. The lowest BCUT2D eigenvalue weighted by molar-refractivity contribution is 1.09. The third-order valence-corrected chi connectivity index (χ3v) is 5.50. The molecule has 0 aliphatic heterocycles. The van der Waals surface area contributed by atoms with Gasteiger partial charge in [0.1, 0.15) is 0 Å². The van der Waals surface area contributed by atoms with Crippen LogP contribution in [-0.2, 0) is 25.7 Å². The largest absolute Gasteiger partial charge is 0.0840 e. The van der Waals surface area contributed by atoms with E-state index in [9.17, 15) is 0 Å². The average molecular weight is 363 g/mol. The summed E-state index contributed by atoms with van der Waals surface area (Å²) in [4.78, 5) is 0. The van der Waals surface area contributed by atoms with Crippen molar-refractivity contribution in [3.05, 3.63) is 105 Å². The van der Waals surface area contributed by atoms with Gasteiger partial charge in [0.25, 0.3) is 0 Å². The van der Waals surface area contributed by atoms with Crippen molar-refractivity contribution in [1.82, 2.24) is 0 Å². The van der Waals surface area contributed by atoms with Gasteiger partial charge in [-0.2, -0.15) is 0 Å². The van der Waals surface area contributed by atoms with Gasteiger partial charge in [0.15, 0.2) is 0 Å². The Bertz CT molecular complexity index is 875. The Morgan fingerprint density at radius 3 is 1.77 bits per heavy atom. The van der Waals surface area contributed by atoms with E-state index in [-0.39, 0.29) is 0 Å². The summed E-state index contributed by atoms with van der Waals surface area (Å²) in [6.07, 6.45) is 3.98. The average Bonchev–Trinajstić information content (AvgIpc) is 2.66. The summed E-state index contributed by atoms with van der Waals surface area (Å²) in [6.45, 7) is 6.58. The van der Waals surface area contributed by atoms with E-state index >= 15 is 0 Å². The fraction of sp³-hybridized carbons (Fsp3) is 0.280. The van der Waals surface area contributed by atoms with Crippen LogP contribution in [0.4, 0.5) is 0 Å². The van der Waals surface area contributed by atoms with Crippen LogP contribution in [0.3, 0.4) is 0 Å². The zero-order chi connectivity index (χ0) is 18.5. The summed E-state index contributed by atoms with van der Waals surface area (Å²) in [5, 5.41) is 0.866. The van der Waals surface area contributed by atoms with E-state index in [2.05, 4.69) is 81.4 Å². The van der Waals surface area contributed by atoms with Crippen LogP contribution in [0.1, 0.15) is 52.8 Å². The van der Waals surface area contributed by atoms with Crippen LogP contribution >= 0.6 is 11.6 Å². The van der Waals surface area contributed by atoms with Crippen LogP contribution in [0, 0.1) is 6.92 Å². The van der Waals surface area contributed by atoms with Crippen molar-refractivity contribution >= 4 is 11.6 Å². The van der Waals surface area contributed by atoms with Crippen LogP contribution in [-0.4, -0.2) is 0 Å². The first kappa shape index (κ1) is 18.7. The third-order valence-electron chi connectivity index (χ3n) is 5.15. The standard InChI is InChI=1S/C25H27Cl/c1-4-19-6-8-21(9-7-19)15-24-13-11-22(17-25(24)26)16-23-12-10-20(5-2)14-18(23)3/h6-14,17H,4-5,15-16H2,1-3H3. The van der Waals surface area contributed by atoms with Crippen molar-refractivity contribution in [2.75, 3.05) is 0 Å². The fourth-order valence-electron chi connectivity index (χ4n) is 3.35. The Morgan fingerprint density at radius 1 is 0.615 bits per heavy atom. The highest BCUT2D eigenvalue weighted by molar-refractivity contribution is 6.31. The summed E-state index contributed by atoms with van der Waals surface area (Å²) in [7, 11) is 0. The summed E-state index contributed by atoms with van der Waals surface area (Å²) in [5.74, 6) is 0. The molecule has 0 spiro atoms. The number of benzene rings is 3. The maximum atomic E-state index is 6.59. The molecule has 134 valence electrons. The number of rotatable bonds is 6. The maximum absolute atomic E-state index is 6.59. The third kappa shape index (κ3) is 4.56. The van der Waals surface area contributed by atoms with E-state index in [1.807, 2.05) is 0 Å². The summed E-state index contributed by atoms with van der Waals surface area (Å²) in [5.41, 5.74) is 9.28. The van der Waals surface area contributed by atoms with Crippen LogP contribution in [0.15, 0.2) is 60.7 Å². The first-order chi connectivity index (χ1) is 12.6. The van der Waals surface area contributed by atoms with Gasteiger partial charge in [-0.25, -0.2) is 0 Å². The molecule has 1 heteroatoms. The minimum absolute atomic E-state index is 0.866. The molecule has 0 unspecified atom stereocenters. The minimum Gasteiger partial charge on any atom is -0.0840 e. The van der Waals surface area contributed by atoms with Gasteiger partial charge in [-0.1, -0.05) is 80.0 Å². The van der Waals surface area contributed by atoms with Crippen molar-refractivity contribution in [3.8, 4) is 0 Å². The van der Waals surface area contributed by atoms with E-state index < -0.39 is 0 Å². The van der Waals surface area contributed by atoms with Crippen molar-refractivity contribution in [2.24, 2.45) is 0 Å². The Balaban J connectivity index is 1.74. The Kier molecular flexibility index (Phi) is 6.16. The zero-order valence-electron chi connectivity index (χ0n) is 16.0. The molecule has 0 heterocycles. The zero-order valence-corrected chi connectivity index (χ0v) is 16.7. The predicted molar refractivity (Wildman–Crippen MR) is 113 cm³/mol. The van der Waals surface area contributed by atoms with Gasteiger partial charge in [-0.15, -0.1) is 0 Å². The van der Waals surface area contributed by atoms with E-state index in [1.54, 1.807) is 0 Å². The van der Waals surface area contributed by atoms with Crippen molar-refractivity contribution in [1.29, 1.82) is 0 Å². The highest BCUT2D eigenvalue weighted by Gasteiger charge is 2.06. The normalized spacial score (nSPS) is 10.9. The molecular weight excluding hydrogens is 336 g/mol. The molecule has 3 aromatic rings. The Labute approximate surface area is 162 Å². The van der Waals surface area contributed by atoms with E-state index in [0.717, 1.165) is 30.7 Å². The second-order valence-corrected chi connectivity index (χ2v) is 7.47. The molecule has 26 heavy (non-hydrogen) atoms. The fourth-order valence-corrected chi connectivity index (χ4v) is 3.62. The molecule has 3 rings (SSSR count). The maximum Gasteiger partial charge on any atom is 0.0444 e. The molecule has 0 saturated heterocycles. The number of halogens is 1. The molecule has 0 bridgehead atoms. The van der Waals surface area contributed by atoms with Gasteiger partial charge in [0.2, 0.25) is 0 Å². The van der Waals surface area contributed by atoms with Crippen molar-refractivity contribution < 1.29 is 0 Å². The van der Waals surface area contributed by atoms with Crippen LogP contribution < -0.4 is 0 Å². The first-order valence-corrected chi connectivity index (χ1v) is 9.90. The summed E-state index contributed by atoms with van der Waals surface area (Å²) in [6, 6.07) is 22.2. The molecule has 0 radical (unpaired) electrons. The topological polar surface area (TPSA) is 0 Å². The molecule has 0 atom stereocenters. The summed E-state index contributed by atoms with van der Waals surface area (Å²) >= 11 is 6.59. The molecule has 0 saturated carbocycles. The van der Waals surface area contributed by atoms with Gasteiger partial charge in [-0.05, 0) is 77.6 Å². The van der Waals surface area contributed by atoms with Crippen LogP contribution in [0.25, 0.3) is 0 Å². The van der Waals surface area contributed by atoms with Gasteiger partial charge in [0.05, 0.1) is 0 Å². The van der Waals surface area contributed by atoms with Crippen LogP contribution in [0.2, 0.25) is 5.02 Å². The van der Waals surface area contributed by atoms with Crippen molar-refractivity contribution in [2.45, 2.75) is 46.5 Å². The molecule has 0 aromatic heterocycles. The SMILES string of the molecule is CCc1ccc(Cc2ccc(Cc3ccc(CC)cc3C)cc2Cl)cc1. The second kappa shape index (κ2) is 8.56. The number of hydrogen-bond acceptors (Lipinski definition) is 0. The van der Waals surface area contributed by atoms with Gasteiger partial charge >= 0.3 is 0 Å². The molecule has 0 fully saturated rings.